The van der Waals surface area contributed by atoms with Gasteiger partial charge in [-0.2, -0.15) is 4.39 Å². The molecule has 0 fully saturated rings. The molecule has 112 valence electrons. The first-order valence-electron chi connectivity index (χ1n) is 6.32. The second kappa shape index (κ2) is 6.78. The number of benzene rings is 1. The monoisotopic (exact) mass is 292 g/mol. The lowest BCUT2D eigenvalue weighted by atomic mass is 10.1. The summed E-state index contributed by atoms with van der Waals surface area (Å²) in [6.45, 7) is 0.518. The number of methoxy groups -OCH3 is 3. The van der Waals surface area contributed by atoms with E-state index in [1.165, 1.54) is 12.3 Å². The molecule has 0 saturated carbocycles. The van der Waals surface area contributed by atoms with Gasteiger partial charge in [-0.25, -0.2) is 4.98 Å². The number of nitrogens with zero attached hydrogens (tertiary/aromatic N) is 1. The van der Waals surface area contributed by atoms with Gasteiger partial charge in [-0.3, -0.25) is 0 Å². The van der Waals surface area contributed by atoms with Gasteiger partial charge in [-0.05, 0) is 29.8 Å². The van der Waals surface area contributed by atoms with Crippen molar-refractivity contribution in [2.75, 3.05) is 26.6 Å². The molecular formula is C15H17FN2O3. The molecule has 0 bridgehead atoms. The Hall–Kier alpha value is -2.50. The van der Waals surface area contributed by atoms with Gasteiger partial charge in [-0.15, -0.1) is 0 Å². The summed E-state index contributed by atoms with van der Waals surface area (Å²) in [6.07, 6.45) is 1.44. The maximum Gasteiger partial charge on any atom is 0.212 e. The van der Waals surface area contributed by atoms with E-state index in [-0.39, 0.29) is 0 Å². The molecular weight excluding hydrogens is 275 g/mol. The van der Waals surface area contributed by atoms with Crippen molar-refractivity contribution in [2.24, 2.45) is 0 Å². The molecule has 1 heterocycles. The highest BCUT2D eigenvalue weighted by atomic mass is 19.1. The van der Waals surface area contributed by atoms with Gasteiger partial charge in [0.05, 0.1) is 33.2 Å². The molecule has 0 aliphatic heterocycles. The smallest absolute Gasteiger partial charge is 0.212 e. The lowest BCUT2D eigenvalue weighted by Crippen LogP contribution is -2.02. The van der Waals surface area contributed by atoms with Crippen LogP contribution in [0.5, 0.6) is 17.2 Å². The van der Waals surface area contributed by atoms with E-state index in [0.717, 1.165) is 11.3 Å². The van der Waals surface area contributed by atoms with Crippen molar-refractivity contribution in [2.45, 2.75) is 6.54 Å². The molecule has 0 aliphatic rings. The number of rotatable bonds is 6. The van der Waals surface area contributed by atoms with Crippen LogP contribution in [0.15, 0.2) is 30.5 Å². The molecule has 0 radical (unpaired) electrons. The van der Waals surface area contributed by atoms with Crippen LogP contribution in [0.4, 0.5) is 10.1 Å². The number of hydrogen-bond donors (Lipinski definition) is 1. The molecule has 0 aliphatic carbocycles. The third-order valence-electron chi connectivity index (χ3n) is 2.95. The summed E-state index contributed by atoms with van der Waals surface area (Å²) in [5.74, 6) is 1.22. The van der Waals surface area contributed by atoms with Crippen molar-refractivity contribution in [1.82, 2.24) is 4.98 Å². The first kappa shape index (κ1) is 14.9. The maximum absolute atomic E-state index is 12.7. The molecule has 0 atom stereocenters. The van der Waals surface area contributed by atoms with Crippen LogP contribution in [0.1, 0.15) is 5.56 Å². The summed E-state index contributed by atoms with van der Waals surface area (Å²) < 4.78 is 28.6. The Bertz CT molecular complexity index is 577. The topological polar surface area (TPSA) is 52.6 Å². The number of nitrogens with one attached hydrogen (secondary N) is 1. The second-order valence-electron chi connectivity index (χ2n) is 4.26. The summed E-state index contributed by atoms with van der Waals surface area (Å²) in [7, 11) is 4.69. The van der Waals surface area contributed by atoms with Crippen LogP contribution in [0.25, 0.3) is 0 Å². The molecule has 1 aromatic heterocycles. The Morgan fingerprint density at radius 3 is 2.19 bits per heavy atom. The summed E-state index contributed by atoms with van der Waals surface area (Å²) in [5.41, 5.74) is 1.67. The van der Waals surface area contributed by atoms with Crippen LogP contribution in [-0.2, 0) is 6.54 Å². The number of anilines is 1. The molecule has 5 nitrogen and oxygen atoms in total. The van der Waals surface area contributed by atoms with E-state index in [2.05, 4.69) is 10.3 Å². The zero-order valence-corrected chi connectivity index (χ0v) is 12.1. The number of halogens is 1. The lowest BCUT2D eigenvalue weighted by Gasteiger charge is -2.14. The fraction of sp³-hybridized carbons (Fsp3) is 0.267. The van der Waals surface area contributed by atoms with E-state index < -0.39 is 5.95 Å². The minimum absolute atomic E-state index is 0.506. The van der Waals surface area contributed by atoms with Crippen molar-refractivity contribution in [3.63, 3.8) is 0 Å². The van der Waals surface area contributed by atoms with Crippen LogP contribution in [0.3, 0.4) is 0 Å². The largest absolute Gasteiger partial charge is 0.493 e. The van der Waals surface area contributed by atoms with Crippen molar-refractivity contribution in [3.05, 3.63) is 42.0 Å². The predicted octanol–water partition coefficient (Wildman–Crippen LogP) is 2.86. The molecule has 1 aromatic carbocycles. The number of hydrogen-bond acceptors (Lipinski definition) is 5. The van der Waals surface area contributed by atoms with E-state index in [9.17, 15) is 4.39 Å². The van der Waals surface area contributed by atoms with E-state index in [1.54, 1.807) is 27.4 Å². The van der Waals surface area contributed by atoms with Crippen LogP contribution in [0.2, 0.25) is 0 Å². The van der Waals surface area contributed by atoms with Gasteiger partial charge in [0.15, 0.2) is 11.5 Å². The molecule has 21 heavy (non-hydrogen) atoms. The van der Waals surface area contributed by atoms with Gasteiger partial charge >= 0.3 is 0 Å². The predicted molar refractivity (Wildman–Crippen MR) is 77.6 cm³/mol. The SMILES string of the molecule is COc1cc(CNc2ccc(F)nc2)cc(OC)c1OC. The van der Waals surface area contributed by atoms with Crippen molar-refractivity contribution in [3.8, 4) is 17.2 Å². The normalized spacial score (nSPS) is 10.1. The molecule has 6 heteroatoms. The Morgan fingerprint density at radius 2 is 1.71 bits per heavy atom. The number of pyridine rings is 1. The van der Waals surface area contributed by atoms with E-state index in [4.69, 9.17) is 14.2 Å². The van der Waals surface area contributed by atoms with Crippen LogP contribution >= 0.6 is 0 Å². The third kappa shape index (κ3) is 3.53. The molecule has 0 spiro atoms. The van der Waals surface area contributed by atoms with Crippen LogP contribution in [0, 0.1) is 5.95 Å². The number of aromatic nitrogens is 1. The standard InChI is InChI=1S/C15H17FN2O3/c1-19-12-6-10(7-13(20-2)15(12)21-3)8-17-11-4-5-14(16)18-9-11/h4-7,9,17H,8H2,1-3H3. The lowest BCUT2D eigenvalue weighted by molar-refractivity contribution is 0.324. The minimum atomic E-state index is -0.506. The molecule has 0 saturated heterocycles. The first-order valence-corrected chi connectivity index (χ1v) is 6.32. The first-order chi connectivity index (χ1) is 10.2. The van der Waals surface area contributed by atoms with Gasteiger partial charge in [0.1, 0.15) is 0 Å². The van der Waals surface area contributed by atoms with E-state index in [1.807, 2.05) is 12.1 Å². The van der Waals surface area contributed by atoms with Crippen molar-refractivity contribution < 1.29 is 18.6 Å². The fourth-order valence-electron chi connectivity index (χ4n) is 1.92. The van der Waals surface area contributed by atoms with E-state index >= 15 is 0 Å². The highest BCUT2D eigenvalue weighted by Gasteiger charge is 2.12. The third-order valence-corrected chi connectivity index (χ3v) is 2.95. The molecule has 0 amide bonds. The number of ether oxygens (including phenoxy) is 3. The van der Waals surface area contributed by atoms with Crippen molar-refractivity contribution in [1.29, 1.82) is 0 Å². The Kier molecular flexibility index (Phi) is 4.81. The van der Waals surface area contributed by atoms with Gasteiger partial charge in [-0.1, -0.05) is 0 Å². The minimum Gasteiger partial charge on any atom is -0.493 e. The summed E-state index contributed by atoms with van der Waals surface area (Å²) in [6, 6.07) is 6.63. The Morgan fingerprint density at radius 1 is 1.05 bits per heavy atom. The molecule has 2 rings (SSSR count). The van der Waals surface area contributed by atoms with E-state index in [0.29, 0.717) is 23.8 Å². The average molecular weight is 292 g/mol. The summed E-state index contributed by atoms with van der Waals surface area (Å²) in [4.78, 5) is 3.59. The zero-order valence-electron chi connectivity index (χ0n) is 12.1. The quantitative estimate of drug-likeness (QED) is 0.830. The summed E-state index contributed by atoms with van der Waals surface area (Å²) >= 11 is 0. The van der Waals surface area contributed by atoms with Gasteiger partial charge in [0.25, 0.3) is 0 Å². The Balaban J connectivity index is 2.18. The highest BCUT2D eigenvalue weighted by Crippen LogP contribution is 2.38. The fourth-order valence-corrected chi connectivity index (χ4v) is 1.92. The van der Waals surface area contributed by atoms with Crippen LogP contribution < -0.4 is 19.5 Å². The molecule has 1 N–H and O–H groups in total. The average Bonchev–Trinajstić information content (AvgIpc) is 2.53. The van der Waals surface area contributed by atoms with Gasteiger partial charge in [0, 0.05) is 6.54 Å². The highest BCUT2D eigenvalue weighted by molar-refractivity contribution is 5.54. The molecule has 2 aromatic rings. The molecule has 0 unspecified atom stereocenters. The van der Waals surface area contributed by atoms with Gasteiger partial charge in [0.2, 0.25) is 11.7 Å². The summed E-state index contributed by atoms with van der Waals surface area (Å²) in [5, 5.41) is 3.15. The zero-order chi connectivity index (χ0) is 15.2. The van der Waals surface area contributed by atoms with Gasteiger partial charge < -0.3 is 19.5 Å². The van der Waals surface area contributed by atoms with Crippen molar-refractivity contribution >= 4 is 5.69 Å². The maximum atomic E-state index is 12.7. The Labute approximate surface area is 122 Å². The second-order valence-corrected chi connectivity index (χ2v) is 4.26. The van der Waals surface area contributed by atoms with Crippen LogP contribution in [-0.4, -0.2) is 26.3 Å².